The molecule has 1 saturated heterocycles. The van der Waals surface area contributed by atoms with Crippen LogP contribution in [0.3, 0.4) is 0 Å². The zero-order valence-corrected chi connectivity index (χ0v) is 18.6. The average molecular weight is 461 g/mol. The molecule has 1 fully saturated rings. The third-order valence-electron chi connectivity index (χ3n) is 4.84. The van der Waals surface area contributed by atoms with Gasteiger partial charge in [-0.25, -0.2) is 4.99 Å². The van der Waals surface area contributed by atoms with Crippen LogP contribution in [0.4, 0.5) is 17.1 Å². The fourth-order valence-corrected chi connectivity index (χ4v) is 4.23. The fourth-order valence-electron chi connectivity index (χ4n) is 3.24. The van der Waals surface area contributed by atoms with Crippen LogP contribution in [0.15, 0.2) is 82.7 Å². The first-order valence-electron chi connectivity index (χ1n) is 9.85. The lowest BCUT2D eigenvalue weighted by Gasteiger charge is -2.18. The van der Waals surface area contributed by atoms with Crippen molar-refractivity contribution in [3.8, 4) is 11.5 Å². The number of rotatable bonds is 6. The summed E-state index contributed by atoms with van der Waals surface area (Å²) in [5, 5.41) is 11.4. The van der Waals surface area contributed by atoms with Gasteiger partial charge in [-0.2, -0.15) is 0 Å². The van der Waals surface area contributed by atoms with Crippen LogP contribution in [0.5, 0.6) is 11.5 Å². The second kappa shape index (κ2) is 9.58. The maximum atomic E-state index is 13.5. The summed E-state index contributed by atoms with van der Waals surface area (Å²) in [6.45, 7) is 0. The zero-order valence-electron chi connectivity index (χ0n) is 17.8. The Morgan fingerprint density at radius 2 is 1.58 bits per heavy atom. The molecule has 0 spiro atoms. The second-order valence-electron chi connectivity index (χ2n) is 6.84. The molecule has 1 heterocycles. The van der Waals surface area contributed by atoms with E-state index in [1.807, 2.05) is 24.3 Å². The predicted octanol–water partition coefficient (Wildman–Crippen LogP) is 5.42. The third kappa shape index (κ3) is 4.58. The summed E-state index contributed by atoms with van der Waals surface area (Å²) in [5.74, 6) is 0.818. The number of anilines is 1. The average Bonchev–Trinajstić information content (AvgIpc) is 3.13. The topological polar surface area (TPSA) is 94.3 Å². The molecule has 0 bridgehead atoms. The Balaban J connectivity index is 1.80. The van der Waals surface area contributed by atoms with Gasteiger partial charge in [0.1, 0.15) is 17.2 Å². The summed E-state index contributed by atoms with van der Waals surface area (Å²) >= 11 is 1.20. The number of hydrogen-bond donors (Lipinski definition) is 0. The van der Waals surface area contributed by atoms with Gasteiger partial charge in [-0.1, -0.05) is 24.3 Å². The van der Waals surface area contributed by atoms with Crippen LogP contribution in [-0.4, -0.2) is 30.2 Å². The van der Waals surface area contributed by atoms with Crippen molar-refractivity contribution in [1.82, 2.24) is 0 Å². The number of nitrogens with zero attached hydrogens (tertiary/aromatic N) is 3. The number of thioether (sulfide) groups is 1. The molecule has 9 heteroatoms. The summed E-state index contributed by atoms with van der Waals surface area (Å²) in [6, 6.07) is 20.5. The summed E-state index contributed by atoms with van der Waals surface area (Å²) in [6.07, 6.45) is 1.68. The highest BCUT2D eigenvalue weighted by Gasteiger charge is 2.36. The van der Waals surface area contributed by atoms with E-state index in [4.69, 9.17) is 14.5 Å². The molecule has 3 aromatic rings. The number of nitro groups is 1. The van der Waals surface area contributed by atoms with Gasteiger partial charge in [-0.15, -0.1) is 0 Å². The maximum absolute atomic E-state index is 13.5. The van der Waals surface area contributed by atoms with Crippen molar-refractivity contribution >= 4 is 46.0 Å². The van der Waals surface area contributed by atoms with E-state index in [0.717, 1.165) is 0 Å². The van der Waals surface area contributed by atoms with Crippen molar-refractivity contribution in [2.45, 2.75) is 0 Å². The molecule has 0 N–H and O–H groups in total. The smallest absolute Gasteiger partial charge is 0.271 e. The van der Waals surface area contributed by atoms with Gasteiger partial charge in [0, 0.05) is 12.1 Å². The van der Waals surface area contributed by atoms with Crippen molar-refractivity contribution in [2.75, 3.05) is 19.1 Å². The molecule has 0 aliphatic carbocycles. The van der Waals surface area contributed by atoms with Crippen LogP contribution in [0.2, 0.25) is 0 Å². The van der Waals surface area contributed by atoms with Crippen molar-refractivity contribution in [3.63, 3.8) is 0 Å². The molecule has 1 amide bonds. The lowest BCUT2D eigenvalue weighted by Crippen LogP contribution is -2.29. The van der Waals surface area contributed by atoms with Gasteiger partial charge in [-0.3, -0.25) is 19.8 Å². The van der Waals surface area contributed by atoms with E-state index in [-0.39, 0.29) is 11.6 Å². The molecule has 1 aliphatic heterocycles. The van der Waals surface area contributed by atoms with Crippen LogP contribution in [-0.2, 0) is 4.79 Å². The van der Waals surface area contributed by atoms with E-state index >= 15 is 0 Å². The molecule has 1 aliphatic rings. The third-order valence-corrected chi connectivity index (χ3v) is 5.80. The summed E-state index contributed by atoms with van der Waals surface area (Å²) < 4.78 is 10.9. The minimum atomic E-state index is -0.464. The molecule has 8 nitrogen and oxygen atoms in total. The van der Waals surface area contributed by atoms with Crippen LogP contribution in [0, 0.1) is 10.1 Å². The van der Waals surface area contributed by atoms with E-state index in [1.165, 1.54) is 35.9 Å². The van der Waals surface area contributed by atoms with Crippen molar-refractivity contribution in [2.24, 2.45) is 4.99 Å². The van der Waals surface area contributed by atoms with Crippen molar-refractivity contribution in [3.05, 3.63) is 93.4 Å². The first-order chi connectivity index (χ1) is 16.0. The van der Waals surface area contributed by atoms with Crippen LogP contribution >= 0.6 is 11.8 Å². The van der Waals surface area contributed by atoms with E-state index in [1.54, 1.807) is 49.6 Å². The summed E-state index contributed by atoms with van der Waals surface area (Å²) in [4.78, 5) is 30.6. The number of amides is 1. The van der Waals surface area contributed by atoms with Gasteiger partial charge in [-0.05, 0) is 59.8 Å². The number of amidine groups is 1. The molecule has 0 radical (unpaired) electrons. The lowest BCUT2D eigenvalue weighted by atomic mass is 10.2. The SMILES string of the molecule is COc1ccccc1N=C1S/C(=C\c2ccc([N+](=O)[O-])cc2)C(=O)N1c1ccccc1OC. The molecule has 33 heavy (non-hydrogen) atoms. The first kappa shape index (κ1) is 22.1. The van der Waals surface area contributed by atoms with Gasteiger partial charge in [0.15, 0.2) is 5.17 Å². The number of non-ortho nitro benzene ring substituents is 1. The summed E-state index contributed by atoms with van der Waals surface area (Å²) in [5.41, 5.74) is 1.77. The van der Waals surface area contributed by atoms with Gasteiger partial charge >= 0.3 is 0 Å². The van der Waals surface area contributed by atoms with E-state index in [9.17, 15) is 14.9 Å². The highest BCUT2D eigenvalue weighted by molar-refractivity contribution is 8.19. The molecule has 0 aromatic heterocycles. The highest BCUT2D eigenvalue weighted by atomic mass is 32.2. The number of para-hydroxylation sites is 4. The number of ether oxygens (including phenoxy) is 2. The minimum Gasteiger partial charge on any atom is -0.495 e. The van der Waals surface area contributed by atoms with Crippen LogP contribution < -0.4 is 14.4 Å². The van der Waals surface area contributed by atoms with E-state index in [0.29, 0.717) is 38.5 Å². The lowest BCUT2D eigenvalue weighted by molar-refractivity contribution is -0.384. The fraction of sp³-hybridized carbons (Fsp3) is 0.0833. The van der Waals surface area contributed by atoms with Gasteiger partial charge < -0.3 is 9.47 Å². The standard InChI is InChI=1S/C24H19N3O5S/c1-31-20-9-5-3-7-18(20)25-24-26(19-8-4-6-10-21(19)32-2)23(28)22(33-24)15-16-11-13-17(14-12-16)27(29)30/h3-15H,1-2H3/b22-15-,25-24?. The number of carbonyl (C=O) groups is 1. The zero-order chi connectivity index (χ0) is 23.4. The van der Waals surface area contributed by atoms with Gasteiger partial charge in [0.25, 0.3) is 11.6 Å². The predicted molar refractivity (Wildman–Crippen MR) is 129 cm³/mol. The number of hydrogen-bond acceptors (Lipinski definition) is 7. The van der Waals surface area contributed by atoms with Gasteiger partial charge in [0.05, 0.1) is 29.7 Å². The largest absolute Gasteiger partial charge is 0.495 e. The molecular formula is C24H19N3O5S. The number of benzene rings is 3. The number of nitro benzene ring substituents is 1. The Kier molecular flexibility index (Phi) is 6.41. The molecule has 166 valence electrons. The Morgan fingerprint density at radius 1 is 0.939 bits per heavy atom. The Bertz CT molecular complexity index is 1270. The molecule has 4 rings (SSSR count). The monoisotopic (exact) mass is 461 g/mol. The van der Waals surface area contributed by atoms with Gasteiger partial charge in [0.2, 0.25) is 0 Å². The number of aliphatic imine (C=N–C) groups is 1. The molecule has 3 aromatic carbocycles. The first-order valence-corrected chi connectivity index (χ1v) is 10.7. The van der Waals surface area contributed by atoms with Crippen molar-refractivity contribution < 1.29 is 19.2 Å². The van der Waals surface area contributed by atoms with E-state index < -0.39 is 4.92 Å². The minimum absolute atomic E-state index is 0.0170. The summed E-state index contributed by atoms with van der Waals surface area (Å²) in [7, 11) is 3.10. The second-order valence-corrected chi connectivity index (χ2v) is 7.85. The molecule has 0 atom stereocenters. The highest BCUT2D eigenvalue weighted by Crippen LogP contribution is 2.41. The quantitative estimate of drug-likeness (QED) is 0.276. The number of methoxy groups -OCH3 is 2. The molecule has 0 saturated carbocycles. The number of carbonyl (C=O) groups excluding carboxylic acids is 1. The van der Waals surface area contributed by atoms with Crippen LogP contribution in [0.1, 0.15) is 5.56 Å². The Labute approximate surface area is 194 Å². The molecular weight excluding hydrogens is 442 g/mol. The Morgan fingerprint density at radius 3 is 2.24 bits per heavy atom. The molecule has 0 unspecified atom stereocenters. The Hall–Kier alpha value is -4.11. The normalized spacial score (nSPS) is 15.8. The van der Waals surface area contributed by atoms with E-state index in [2.05, 4.69) is 0 Å². The maximum Gasteiger partial charge on any atom is 0.271 e. The van der Waals surface area contributed by atoms with Crippen LogP contribution in [0.25, 0.3) is 6.08 Å². The van der Waals surface area contributed by atoms with Crippen molar-refractivity contribution in [1.29, 1.82) is 0 Å².